The van der Waals surface area contributed by atoms with Gasteiger partial charge in [-0.3, -0.25) is 9.47 Å². The topological polar surface area (TPSA) is 73.7 Å². The number of carbonyl (C=O) groups is 2. The number of aryl methyl sites for hydroxylation is 1. The molecule has 0 aliphatic carbocycles. The van der Waals surface area contributed by atoms with Gasteiger partial charge in [0.2, 0.25) is 0 Å². The predicted octanol–water partition coefficient (Wildman–Crippen LogP) is 7.28. The Morgan fingerprint density at radius 3 is 2.27 bits per heavy atom. The highest BCUT2D eigenvalue weighted by Crippen LogP contribution is 2.40. The zero-order valence-corrected chi connectivity index (χ0v) is 26.7. The second kappa shape index (κ2) is 12.8. The lowest BCUT2D eigenvalue weighted by atomic mass is 9.87. The number of aromatic nitrogens is 2. The molecule has 44 heavy (non-hydrogen) atoms. The van der Waals surface area contributed by atoms with E-state index in [9.17, 15) is 9.59 Å². The summed E-state index contributed by atoms with van der Waals surface area (Å²) in [6.45, 7) is 13.2. The first kappa shape index (κ1) is 31.2. The van der Waals surface area contributed by atoms with Gasteiger partial charge >= 0.3 is 11.9 Å². The van der Waals surface area contributed by atoms with Crippen LogP contribution in [0.4, 0.5) is 0 Å². The third kappa shape index (κ3) is 6.20. The standard InChI is InChI=1S/C37H43N3O4/c1-7-14-32-38-31-23-24-39(25-26-15-10-9-11-16-26)37(6,35(42)43-8-2)33(31)40(32)28-21-19-27(20-22-28)29-17-12-13-18-30(29)34(41)44-36(3,4)5/h9-13,15-22H,7-8,14,23-25H2,1-6H3. The quantitative estimate of drug-likeness (QED) is 0.190. The third-order valence-electron chi connectivity index (χ3n) is 8.08. The first-order valence-electron chi connectivity index (χ1n) is 15.6. The first-order chi connectivity index (χ1) is 21.1. The molecular formula is C37H43N3O4. The van der Waals surface area contributed by atoms with E-state index in [4.69, 9.17) is 14.5 Å². The number of carbonyl (C=O) groups excluding carboxylic acids is 2. The van der Waals surface area contributed by atoms with Crippen LogP contribution in [0, 0.1) is 0 Å². The molecule has 0 saturated heterocycles. The number of esters is 2. The number of ether oxygens (including phenoxy) is 2. The van der Waals surface area contributed by atoms with Crippen LogP contribution in [-0.4, -0.2) is 45.1 Å². The second-order valence-electron chi connectivity index (χ2n) is 12.5. The lowest BCUT2D eigenvalue weighted by molar-refractivity contribution is -0.159. The predicted molar refractivity (Wildman–Crippen MR) is 173 cm³/mol. The van der Waals surface area contributed by atoms with Crippen molar-refractivity contribution in [2.45, 2.75) is 78.5 Å². The van der Waals surface area contributed by atoms with E-state index in [-0.39, 0.29) is 11.9 Å². The average Bonchev–Trinajstić information content (AvgIpc) is 3.38. The summed E-state index contributed by atoms with van der Waals surface area (Å²) in [5.41, 5.74) is 4.45. The van der Waals surface area contributed by atoms with Gasteiger partial charge in [0.1, 0.15) is 11.4 Å². The number of benzene rings is 3. The molecule has 0 N–H and O–H groups in total. The molecule has 230 valence electrons. The third-order valence-corrected chi connectivity index (χ3v) is 8.08. The largest absolute Gasteiger partial charge is 0.464 e. The van der Waals surface area contributed by atoms with E-state index in [1.807, 2.05) is 95.3 Å². The van der Waals surface area contributed by atoms with Gasteiger partial charge in [-0.25, -0.2) is 14.6 Å². The number of imidazole rings is 1. The maximum atomic E-state index is 13.9. The number of hydrogen-bond donors (Lipinski definition) is 0. The van der Waals surface area contributed by atoms with Crippen LogP contribution in [0.1, 0.15) is 81.1 Å². The summed E-state index contributed by atoms with van der Waals surface area (Å²) >= 11 is 0. The molecule has 0 fully saturated rings. The number of rotatable bonds is 9. The summed E-state index contributed by atoms with van der Waals surface area (Å²) < 4.78 is 13.6. The van der Waals surface area contributed by atoms with Gasteiger partial charge in [0.05, 0.1) is 23.6 Å². The van der Waals surface area contributed by atoms with Crippen molar-refractivity contribution >= 4 is 11.9 Å². The lowest BCUT2D eigenvalue weighted by Gasteiger charge is -2.43. The summed E-state index contributed by atoms with van der Waals surface area (Å²) in [6.07, 6.45) is 2.43. The van der Waals surface area contributed by atoms with E-state index in [1.54, 1.807) is 6.07 Å². The van der Waals surface area contributed by atoms with Crippen LogP contribution in [0.2, 0.25) is 0 Å². The normalized spacial score (nSPS) is 16.8. The minimum Gasteiger partial charge on any atom is -0.464 e. The first-order valence-corrected chi connectivity index (χ1v) is 15.6. The Morgan fingerprint density at radius 2 is 1.61 bits per heavy atom. The monoisotopic (exact) mass is 593 g/mol. The number of fused-ring (bicyclic) bond motifs is 1. The molecule has 3 aromatic carbocycles. The van der Waals surface area contributed by atoms with Gasteiger partial charge in [-0.05, 0) is 75.9 Å². The van der Waals surface area contributed by atoms with Crippen molar-refractivity contribution in [3.63, 3.8) is 0 Å². The molecule has 5 rings (SSSR count). The minimum absolute atomic E-state index is 0.274. The summed E-state index contributed by atoms with van der Waals surface area (Å²) in [5, 5.41) is 0. The Balaban J connectivity index is 1.60. The maximum absolute atomic E-state index is 13.9. The van der Waals surface area contributed by atoms with E-state index in [2.05, 4.69) is 28.5 Å². The van der Waals surface area contributed by atoms with Crippen LogP contribution in [0.15, 0.2) is 78.9 Å². The highest BCUT2D eigenvalue weighted by Gasteiger charge is 2.50. The minimum atomic E-state index is -1.04. The highest BCUT2D eigenvalue weighted by molar-refractivity contribution is 5.97. The van der Waals surface area contributed by atoms with Crippen LogP contribution in [0.5, 0.6) is 0 Å². The van der Waals surface area contributed by atoms with E-state index < -0.39 is 11.1 Å². The molecule has 0 spiro atoms. The molecule has 7 nitrogen and oxygen atoms in total. The molecule has 0 amide bonds. The lowest BCUT2D eigenvalue weighted by Crippen LogP contribution is -2.55. The Labute approximate surface area is 260 Å². The Morgan fingerprint density at radius 1 is 0.932 bits per heavy atom. The fourth-order valence-electron chi connectivity index (χ4n) is 6.05. The second-order valence-corrected chi connectivity index (χ2v) is 12.5. The van der Waals surface area contributed by atoms with E-state index in [0.717, 1.165) is 58.9 Å². The fourth-order valence-corrected chi connectivity index (χ4v) is 6.05. The van der Waals surface area contributed by atoms with Gasteiger partial charge < -0.3 is 9.47 Å². The molecule has 0 bridgehead atoms. The molecule has 1 aliphatic heterocycles. The van der Waals surface area contributed by atoms with Crippen LogP contribution in [-0.2, 0) is 39.2 Å². The molecular weight excluding hydrogens is 550 g/mol. The summed E-state index contributed by atoms with van der Waals surface area (Å²) in [6, 6.07) is 25.9. The van der Waals surface area contributed by atoms with Crippen molar-refractivity contribution < 1.29 is 19.1 Å². The van der Waals surface area contributed by atoms with Crippen molar-refractivity contribution in [2.24, 2.45) is 0 Å². The van der Waals surface area contributed by atoms with Crippen LogP contribution in [0.3, 0.4) is 0 Å². The summed E-state index contributed by atoms with van der Waals surface area (Å²) in [4.78, 5) is 34.3. The fraction of sp³-hybridized carbons (Fsp3) is 0.378. The van der Waals surface area contributed by atoms with Crippen molar-refractivity contribution in [2.75, 3.05) is 13.2 Å². The maximum Gasteiger partial charge on any atom is 0.339 e. The van der Waals surface area contributed by atoms with Crippen LogP contribution >= 0.6 is 0 Å². The van der Waals surface area contributed by atoms with E-state index in [1.165, 1.54) is 0 Å². The van der Waals surface area contributed by atoms with Crippen molar-refractivity contribution in [3.05, 3.63) is 107 Å². The molecule has 1 aliphatic rings. The Kier molecular flexibility index (Phi) is 9.07. The SMILES string of the molecule is CCCc1nc2c(n1-c1ccc(-c3ccccc3C(=O)OC(C)(C)C)cc1)C(C)(C(=O)OCC)N(Cc1ccccc1)CC2. The van der Waals surface area contributed by atoms with Gasteiger partial charge in [-0.15, -0.1) is 0 Å². The van der Waals surface area contributed by atoms with Crippen LogP contribution in [0.25, 0.3) is 16.8 Å². The van der Waals surface area contributed by atoms with Gasteiger partial charge in [-0.2, -0.15) is 0 Å². The molecule has 0 saturated carbocycles. The molecule has 1 unspecified atom stereocenters. The Bertz CT molecular complexity index is 1620. The van der Waals surface area contributed by atoms with Crippen LogP contribution < -0.4 is 0 Å². The van der Waals surface area contributed by atoms with Crippen molar-refractivity contribution in [1.29, 1.82) is 0 Å². The van der Waals surface area contributed by atoms with Crippen molar-refractivity contribution in [3.8, 4) is 16.8 Å². The van der Waals surface area contributed by atoms with Crippen molar-refractivity contribution in [1.82, 2.24) is 14.5 Å². The molecule has 2 heterocycles. The number of hydrogen-bond acceptors (Lipinski definition) is 6. The highest BCUT2D eigenvalue weighted by atomic mass is 16.6. The van der Waals surface area contributed by atoms with Gasteiger partial charge in [-0.1, -0.05) is 67.6 Å². The Hall–Kier alpha value is -4.23. The van der Waals surface area contributed by atoms with Gasteiger partial charge in [0, 0.05) is 31.6 Å². The van der Waals surface area contributed by atoms with Gasteiger partial charge in [0.15, 0.2) is 5.54 Å². The zero-order valence-electron chi connectivity index (χ0n) is 26.7. The molecule has 4 aromatic rings. The molecule has 1 atom stereocenters. The zero-order chi connectivity index (χ0) is 31.5. The molecule has 1 aromatic heterocycles. The van der Waals surface area contributed by atoms with E-state index in [0.29, 0.717) is 25.3 Å². The average molecular weight is 594 g/mol. The molecule has 7 heteroatoms. The van der Waals surface area contributed by atoms with E-state index >= 15 is 0 Å². The summed E-state index contributed by atoms with van der Waals surface area (Å²) in [7, 11) is 0. The smallest absolute Gasteiger partial charge is 0.339 e. The van der Waals surface area contributed by atoms with Gasteiger partial charge in [0.25, 0.3) is 0 Å². The number of nitrogens with zero attached hydrogens (tertiary/aromatic N) is 3. The summed E-state index contributed by atoms with van der Waals surface area (Å²) in [5.74, 6) is 0.301. The molecule has 0 radical (unpaired) electrons.